The maximum Gasteiger partial charge on any atom is 0.414 e. The number of morpholine rings is 1. The van der Waals surface area contributed by atoms with E-state index in [0.717, 1.165) is 17.0 Å². The molecule has 1 atom stereocenters. The van der Waals surface area contributed by atoms with E-state index in [1.165, 1.54) is 11.8 Å². The fourth-order valence-electron chi connectivity index (χ4n) is 4.51. The number of ketones is 1. The monoisotopic (exact) mass is 533 g/mol. The number of hydrogen-bond acceptors (Lipinski definition) is 7. The molecule has 0 saturated carbocycles. The molecule has 4 rings (SSSR count). The van der Waals surface area contributed by atoms with Gasteiger partial charge >= 0.3 is 6.09 Å². The summed E-state index contributed by atoms with van der Waals surface area (Å²) in [5.74, 6) is -0.433. The third-order valence-corrected chi connectivity index (χ3v) is 7.38. The van der Waals surface area contributed by atoms with Gasteiger partial charge in [0.2, 0.25) is 0 Å². The van der Waals surface area contributed by atoms with E-state index in [4.69, 9.17) is 21.1 Å². The molecule has 0 spiro atoms. The van der Waals surface area contributed by atoms with E-state index >= 15 is 0 Å². The third kappa shape index (κ3) is 5.71. The summed E-state index contributed by atoms with van der Waals surface area (Å²) in [6.07, 6.45) is -0.959. The van der Waals surface area contributed by atoms with Crippen LogP contribution in [-0.2, 0) is 19.1 Å². The molecule has 3 amide bonds. The predicted molar refractivity (Wildman–Crippen MR) is 137 cm³/mol. The van der Waals surface area contributed by atoms with Crippen molar-refractivity contribution in [3.05, 3.63) is 45.6 Å². The molecule has 0 radical (unpaired) electrons. The van der Waals surface area contributed by atoms with E-state index in [0.29, 0.717) is 28.1 Å². The molecular weight excluding hydrogens is 506 g/mol. The maximum absolute atomic E-state index is 13.4. The van der Waals surface area contributed by atoms with Gasteiger partial charge in [0.1, 0.15) is 18.5 Å². The number of benzene rings is 1. The van der Waals surface area contributed by atoms with Gasteiger partial charge in [-0.25, -0.2) is 4.79 Å². The molecule has 2 aliphatic heterocycles. The van der Waals surface area contributed by atoms with Crippen LogP contribution in [0.25, 0.3) is 0 Å². The van der Waals surface area contributed by atoms with Crippen LogP contribution in [0.4, 0.5) is 16.2 Å². The van der Waals surface area contributed by atoms with Gasteiger partial charge in [-0.1, -0.05) is 11.6 Å². The lowest BCUT2D eigenvalue weighted by molar-refractivity contribution is -0.125. The highest BCUT2D eigenvalue weighted by atomic mass is 35.5. The van der Waals surface area contributed by atoms with Crippen molar-refractivity contribution in [1.82, 2.24) is 4.90 Å². The molecule has 2 aliphatic rings. The Morgan fingerprint density at radius 1 is 1.11 bits per heavy atom. The second-order valence-corrected chi connectivity index (χ2v) is 11.2. The van der Waals surface area contributed by atoms with E-state index in [1.807, 2.05) is 13.8 Å². The fraction of sp³-hybridized carbons (Fsp3) is 0.440. The van der Waals surface area contributed by atoms with Crippen molar-refractivity contribution in [2.45, 2.75) is 38.8 Å². The number of anilines is 2. The van der Waals surface area contributed by atoms with Crippen LogP contribution in [0, 0.1) is 0 Å². The number of Topliss-reactive ketones (excluding diaryl/α,β-unsaturated/α-hetero) is 1. The molecule has 1 aromatic carbocycles. The third-order valence-electron chi connectivity index (χ3n) is 6.16. The standard InChI is InChI=1S/C25H28ClN3O6S/c1-16(30)12-25(2,3)29(23(32)20-8-9-21(26)36-20)14-19-13-28(24(33)35-19)18-6-4-17(5-7-18)27-10-11-34-15-22(27)31/h4-9,19H,10-15H2,1-3H3/t19-/m1/s1. The summed E-state index contributed by atoms with van der Waals surface area (Å²) in [4.78, 5) is 55.3. The average molecular weight is 534 g/mol. The lowest BCUT2D eigenvalue weighted by atomic mass is 9.94. The number of halogens is 1. The summed E-state index contributed by atoms with van der Waals surface area (Å²) >= 11 is 7.21. The van der Waals surface area contributed by atoms with Gasteiger partial charge in [-0.15, -0.1) is 11.3 Å². The summed E-state index contributed by atoms with van der Waals surface area (Å²) < 4.78 is 11.3. The molecule has 2 fully saturated rings. The van der Waals surface area contributed by atoms with Crippen LogP contribution in [0.5, 0.6) is 0 Å². The highest BCUT2D eigenvalue weighted by Crippen LogP contribution is 2.30. The van der Waals surface area contributed by atoms with Crippen LogP contribution in [0.2, 0.25) is 4.34 Å². The van der Waals surface area contributed by atoms with Gasteiger partial charge in [0.25, 0.3) is 11.8 Å². The normalized spacial score (nSPS) is 18.4. The van der Waals surface area contributed by atoms with Crippen LogP contribution in [0.15, 0.2) is 36.4 Å². The minimum Gasteiger partial charge on any atom is -0.442 e. The molecule has 11 heteroatoms. The van der Waals surface area contributed by atoms with E-state index in [2.05, 4.69) is 0 Å². The summed E-state index contributed by atoms with van der Waals surface area (Å²) in [5.41, 5.74) is 0.553. The number of nitrogens with zero attached hydrogens (tertiary/aromatic N) is 3. The second kappa shape index (κ2) is 10.6. The molecule has 0 unspecified atom stereocenters. The summed E-state index contributed by atoms with van der Waals surface area (Å²) in [5, 5.41) is 0. The Balaban J connectivity index is 1.50. The molecule has 3 heterocycles. The number of amides is 3. The zero-order valence-corrected chi connectivity index (χ0v) is 21.9. The minimum atomic E-state index is -0.800. The average Bonchev–Trinajstić information content (AvgIpc) is 3.42. The molecular formula is C25H28ClN3O6S. The van der Waals surface area contributed by atoms with Crippen molar-refractivity contribution in [3.63, 3.8) is 0 Å². The first-order valence-corrected chi connectivity index (χ1v) is 12.8. The maximum atomic E-state index is 13.4. The summed E-state index contributed by atoms with van der Waals surface area (Å²) in [6.45, 7) is 6.48. The molecule has 36 heavy (non-hydrogen) atoms. The van der Waals surface area contributed by atoms with E-state index in [9.17, 15) is 19.2 Å². The van der Waals surface area contributed by atoms with Crippen molar-refractivity contribution >= 4 is 58.0 Å². The summed E-state index contributed by atoms with van der Waals surface area (Å²) in [7, 11) is 0. The van der Waals surface area contributed by atoms with E-state index < -0.39 is 17.7 Å². The zero-order valence-electron chi connectivity index (χ0n) is 20.4. The number of carbonyl (C=O) groups is 4. The Morgan fingerprint density at radius 2 is 1.78 bits per heavy atom. The topological polar surface area (TPSA) is 96.5 Å². The molecule has 0 aliphatic carbocycles. The largest absolute Gasteiger partial charge is 0.442 e. The van der Waals surface area contributed by atoms with Gasteiger partial charge < -0.3 is 19.3 Å². The Morgan fingerprint density at radius 3 is 2.36 bits per heavy atom. The van der Waals surface area contributed by atoms with Gasteiger partial charge in [-0.2, -0.15) is 0 Å². The quantitative estimate of drug-likeness (QED) is 0.509. The number of carbonyl (C=O) groups excluding carboxylic acids is 4. The van der Waals surface area contributed by atoms with Gasteiger partial charge in [0.15, 0.2) is 0 Å². The zero-order chi connectivity index (χ0) is 26.0. The van der Waals surface area contributed by atoms with Gasteiger partial charge in [0, 0.05) is 29.9 Å². The van der Waals surface area contributed by atoms with Crippen LogP contribution in [0.1, 0.15) is 36.9 Å². The van der Waals surface area contributed by atoms with Crippen LogP contribution in [0.3, 0.4) is 0 Å². The van der Waals surface area contributed by atoms with Crippen LogP contribution in [-0.4, -0.2) is 73.1 Å². The number of cyclic esters (lactones) is 1. The van der Waals surface area contributed by atoms with Crippen molar-refractivity contribution in [3.8, 4) is 0 Å². The Hall–Kier alpha value is -2.95. The predicted octanol–water partition coefficient (Wildman–Crippen LogP) is 3.99. The lowest BCUT2D eigenvalue weighted by Gasteiger charge is -2.39. The Bertz CT molecular complexity index is 1160. The molecule has 192 valence electrons. The molecule has 0 bridgehead atoms. The number of thiophene rings is 1. The van der Waals surface area contributed by atoms with Gasteiger partial charge in [-0.3, -0.25) is 19.3 Å². The number of rotatable bonds is 8. The van der Waals surface area contributed by atoms with Gasteiger partial charge in [0.05, 0.1) is 28.9 Å². The summed E-state index contributed by atoms with van der Waals surface area (Å²) in [6, 6.07) is 10.4. The first kappa shape index (κ1) is 26.1. The van der Waals surface area contributed by atoms with Crippen molar-refractivity contribution < 1.29 is 28.7 Å². The molecule has 2 saturated heterocycles. The van der Waals surface area contributed by atoms with Crippen LogP contribution >= 0.6 is 22.9 Å². The SMILES string of the molecule is CC(=O)CC(C)(C)N(C[C@H]1CN(c2ccc(N3CCOCC3=O)cc2)C(=O)O1)C(=O)c1ccc(Cl)s1. The first-order valence-electron chi connectivity index (χ1n) is 11.6. The smallest absolute Gasteiger partial charge is 0.414 e. The lowest BCUT2D eigenvalue weighted by Crippen LogP contribution is -2.52. The van der Waals surface area contributed by atoms with Crippen molar-refractivity contribution in [1.29, 1.82) is 0 Å². The Kier molecular flexibility index (Phi) is 7.67. The van der Waals surface area contributed by atoms with E-state index in [-0.39, 0.29) is 43.7 Å². The Labute approximate surface area is 218 Å². The number of ether oxygens (including phenoxy) is 2. The van der Waals surface area contributed by atoms with Crippen molar-refractivity contribution in [2.75, 3.05) is 42.6 Å². The highest BCUT2D eigenvalue weighted by molar-refractivity contribution is 7.18. The fourth-order valence-corrected chi connectivity index (χ4v) is 5.50. The van der Waals surface area contributed by atoms with Crippen molar-refractivity contribution in [2.24, 2.45) is 0 Å². The van der Waals surface area contributed by atoms with Gasteiger partial charge in [-0.05, 0) is 57.2 Å². The molecule has 2 aromatic rings. The van der Waals surface area contributed by atoms with E-state index in [1.54, 1.807) is 46.2 Å². The molecule has 9 nitrogen and oxygen atoms in total. The van der Waals surface area contributed by atoms with Crippen LogP contribution < -0.4 is 9.80 Å². The second-order valence-electron chi connectivity index (χ2n) is 9.44. The minimum absolute atomic E-state index is 0.0501. The number of hydrogen-bond donors (Lipinski definition) is 0. The highest BCUT2D eigenvalue weighted by Gasteiger charge is 2.40. The molecule has 1 aromatic heterocycles. The molecule has 0 N–H and O–H groups in total. The first-order chi connectivity index (χ1) is 17.0.